The topological polar surface area (TPSA) is 58.4 Å². The van der Waals surface area contributed by atoms with Gasteiger partial charge in [0.2, 0.25) is 5.91 Å². The number of nitrogens with zero attached hydrogens (tertiary/aromatic N) is 1. The molecule has 2 fully saturated rings. The maximum Gasteiger partial charge on any atom is 0.236 e. The molecule has 4 nitrogen and oxygen atoms in total. The molecule has 0 radical (unpaired) electrons. The predicted molar refractivity (Wildman–Crippen MR) is 90.5 cm³/mol. The highest BCUT2D eigenvalue weighted by Gasteiger charge is 2.40. The second-order valence-corrected chi connectivity index (χ2v) is 8.21. The van der Waals surface area contributed by atoms with E-state index in [-0.39, 0.29) is 17.5 Å². The van der Waals surface area contributed by atoms with E-state index in [1.54, 1.807) is 0 Å². The molecule has 0 bridgehead atoms. The number of nitrogens with one attached hydrogen (secondary N) is 1. The SMILES string of the molecule is CC(C)C[C@H](N)C(=O)NCC1(N2CCSCC2)CCCC1. The van der Waals surface area contributed by atoms with Gasteiger partial charge in [0.1, 0.15) is 0 Å². The van der Waals surface area contributed by atoms with Gasteiger partial charge in [-0.05, 0) is 25.2 Å². The quantitative estimate of drug-likeness (QED) is 0.785. The zero-order valence-corrected chi connectivity index (χ0v) is 14.4. The first-order chi connectivity index (χ1) is 10.0. The van der Waals surface area contributed by atoms with Crippen LogP contribution in [0.15, 0.2) is 0 Å². The number of hydrogen-bond acceptors (Lipinski definition) is 4. The molecular formula is C16H31N3OS. The van der Waals surface area contributed by atoms with E-state index in [0.717, 1.165) is 13.0 Å². The molecule has 1 amide bonds. The van der Waals surface area contributed by atoms with E-state index in [0.29, 0.717) is 5.92 Å². The first-order valence-electron chi connectivity index (χ1n) is 8.39. The van der Waals surface area contributed by atoms with Gasteiger partial charge in [0.15, 0.2) is 0 Å². The van der Waals surface area contributed by atoms with Crippen molar-refractivity contribution < 1.29 is 4.79 Å². The minimum Gasteiger partial charge on any atom is -0.353 e. The average molecular weight is 314 g/mol. The number of carbonyl (C=O) groups excluding carboxylic acids is 1. The Kier molecular flexibility index (Phi) is 6.38. The molecule has 1 saturated carbocycles. The summed E-state index contributed by atoms with van der Waals surface area (Å²) in [5, 5.41) is 3.16. The van der Waals surface area contributed by atoms with Crippen molar-refractivity contribution in [1.29, 1.82) is 0 Å². The molecule has 0 aromatic heterocycles. The van der Waals surface area contributed by atoms with E-state index in [2.05, 4.69) is 24.1 Å². The molecule has 0 spiro atoms. The van der Waals surface area contributed by atoms with E-state index in [4.69, 9.17) is 5.73 Å². The Bertz CT molecular complexity index is 336. The van der Waals surface area contributed by atoms with Gasteiger partial charge in [0, 0.05) is 36.7 Å². The minimum absolute atomic E-state index is 0.0290. The molecule has 1 heterocycles. The first-order valence-corrected chi connectivity index (χ1v) is 9.55. The lowest BCUT2D eigenvalue weighted by molar-refractivity contribution is -0.123. The number of rotatable bonds is 6. The molecule has 2 rings (SSSR count). The Balaban J connectivity index is 1.89. The van der Waals surface area contributed by atoms with Gasteiger partial charge < -0.3 is 11.1 Å². The van der Waals surface area contributed by atoms with Crippen LogP contribution in [-0.2, 0) is 4.79 Å². The van der Waals surface area contributed by atoms with Gasteiger partial charge in [-0.1, -0.05) is 26.7 Å². The number of hydrogen-bond donors (Lipinski definition) is 2. The predicted octanol–water partition coefficient (Wildman–Crippen LogP) is 1.84. The van der Waals surface area contributed by atoms with Crippen LogP contribution in [-0.4, -0.2) is 53.5 Å². The maximum absolute atomic E-state index is 12.2. The number of carbonyl (C=O) groups is 1. The Morgan fingerprint density at radius 1 is 1.29 bits per heavy atom. The summed E-state index contributed by atoms with van der Waals surface area (Å²) < 4.78 is 0. The molecule has 1 atom stereocenters. The largest absolute Gasteiger partial charge is 0.353 e. The van der Waals surface area contributed by atoms with Crippen molar-refractivity contribution in [3.8, 4) is 0 Å². The Hall–Kier alpha value is -0.260. The molecule has 1 aliphatic heterocycles. The molecule has 1 aliphatic carbocycles. The fourth-order valence-corrected chi connectivity index (χ4v) is 4.58. The van der Waals surface area contributed by atoms with Crippen molar-refractivity contribution in [2.75, 3.05) is 31.1 Å². The number of amides is 1. The van der Waals surface area contributed by atoms with Crippen LogP contribution in [0, 0.1) is 5.92 Å². The van der Waals surface area contributed by atoms with E-state index in [1.165, 1.54) is 50.3 Å². The molecule has 0 aromatic rings. The van der Waals surface area contributed by atoms with Crippen LogP contribution in [0.1, 0.15) is 46.0 Å². The van der Waals surface area contributed by atoms with Gasteiger partial charge in [-0.2, -0.15) is 11.8 Å². The standard InChI is InChI=1S/C16H31N3OS/c1-13(2)11-14(17)15(20)18-12-16(5-3-4-6-16)19-7-9-21-10-8-19/h13-14H,3-12,17H2,1-2H3,(H,18,20)/t14-/m0/s1. The van der Waals surface area contributed by atoms with Crippen molar-refractivity contribution >= 4 is 17.7 Å². The Morgan fingerprint density at radius 3 is 2.48 bits per heavy atom. The fraction of sp³-hybridized carbons (Fsp3) is 0.938. The van der Waals surface area contributed by atoms with Crippen molar-refractivity contribution in [2.24, 2.45) is 11.7 Å². The van der Waals surface area contributed by atoms with Crippen LogP contribution in [0.2, 0.25) is 0 Å². The summed E-state index contributed by atoms with van der Waals surface area (Å²) in [6.45, 7) is 7.33. The summed E-state index contributed by atoms with van der Waals surface area (Å²) in [6.07, 6.45) is 5.78. The summed E-state index contributed by atoms with van der Waals surface area (Å²) >= 11 is 2.04. The minimum atomic E-state index is -0.361. The van der Waals surface area contributed by atoms with Gasteiger partial charge in [0.25, 0.3) is 0 Å². The van der Waals surface area contributed by atoms with Gasteiger partial charge in [-0.15, -0.1) is 0 Å². The lowest BCUT2D eigenvalue weighted by atomic mass is 9.94. The van der Waals surface area contributed by atoms with Crippen LogP contribution in [0.3, 0.4) is 0 Å². The highest BCUT2D eigenvalue weighted by Crippen LogP contribution is 2.36. The van der Waals surface area contributed by atoms with Gasteiger partial charge in [-0.3, -0.25) is 9.69 Å². The first kappa shape index (κ1) is 17.1. The highest BCUT2D eigenvalue weighted by molar-refractivity contribution is 7.99. The smallest absolute Gasteiger partial charge is 0.236 e. The van der Waals surface area contributed by atoms with Gasteiger partial charge in [-0.25, -0.2) is 0 Å². The Labute approximate surface area is 133 Å². The summed E-state index contributed by atoms with van der Waals surface area (Å²) in [6, 6.07) is -0.361. The van der Waals surface area contributed by atoms with Crippen LogP contribution >= 0.6 is 11.8 Å². The van der Waals surface area contributed by atoms with Crippen molar-refractivity contribution in [3.05, 3.63) is 0 Å². The lowest BCUT2D eigenvalue weighted by Gasteiger charge is -2.43. The summed E-state index contributed by atoms with van der Waals surface area (Å²) in [4.78, 5) is 14.8. The molecule has 0 unspecified atom stereocenters. The summed E-state index contributed by atoms with van der Waals surface area (Å²) in [7, 11) is 0. The monoisotopic (exact) mass is 313 g/mol. The van der Waals surface area contributed by atoms with Gasteiger partial charge >= 0.3 is 0 Å². The molecular weight excluding hydrogens is 282 g/mol. The van der Waals surface area contributed by atoms with E-state index >= 15 is 0 Å². The van der Waals surface area contributed by atoms with E-state index in [1.807, 2.05) is 11.8 Å². The maximum atomic E-state index is 12.2. The molecule has 2 aliphatic rings. The van der Waals surface area contributed by atoms with Gasteiger partial charge in [0.05, 0.1) is 6.04 Å². The third-order valence-electron chi connectivity index (χ3n) is 4.87. The number of nitrogens with two attached hydrogens (primary N) is 1. The molecule has 5 heteroatoms. The van der Waals surface area contributed by atoms with Crippen LogP contribution in [0.4, 0.5) is 0 Å². The van der Waals surface area contributed by atoms with Crippen LogP contribution in [0.5, 0.6) is 0 Å². The second-order valence-electron chi connectivity index (χ2n) is 6.98. The molecule has 1 saturated heterocycles. The molecule has 3 N–H and O–H groups in total. The van der Waals surface area contributed by atoms with Crippen LogP contribution < -0.4 is 11.1 Å². The summed E-state index contributed by atoms with van der Waals surface area (Å²) in [5.41, 5.74) is 6.20. The number of thioether (sulfide) groups is 1. The lowest BCUT2D eigenvalue weighted by Crippen LogP contribution is -2.57. The molecule has 21 heavy (non-hydrogen) atoms. The second kappa shape index (κ2) is 7.84. The van der Waals surface area contributed by atoms with Crippen molar-refractivity contribution in [2.45, 2.75) is 57.5 Å². The third-order valence-corrected chi connectivity index (χ3v) is 5.81. The summed E-state index contributed by atoms with van der Waals surface area (Å²) in [5.74, 6) is 2.94. The van der Waals surface area contributed by atoms with E-state index < -0.39 is 0 Å². The van der Waals surface area contributed by atoms with Crippen molar-refractivity contribution in [1.82, 2.24) is 10.2 Å². The third kappa shape index (κ3) is 4.60. The van der Waals surface area contributed by atoms with Crippen molar-refractivity contribution in [3.63, 3.8) is 0 Å². The average Bonchev–Trinajstić information content (AvgIpc) is 2.95. The molecule has 0 aromatic carbocycles. The van der Waals surface area contributed by atoms with E-state index in [9.17, 15) is 4.79 Å². The highest BCUT2D eigenvalue weighted by atomic mass is 32.2. The molecule has 122 valence electrons. The normalized spacial score (nSPS) is 24.2. The van der Waals surface area contributed by atoms with Crippen LogP contribution in [0.25, 0.3) is 0 Å². The zero-order chi connectivity index (χ0) is 15.3. The Morgan fingerprint density at radius 2 is 1.90 bits per heavy atom. The zero-order valence-electron chi connectivity index (χ0n) is 13.6. The fourth-order valence-electron chi connectivity index (χ4n) is 3.67.